The number of carboxylic acid groups (broad SMARTS) is 1. The zero-order valence-corrected chi connectivity index (χ0v) is 7.76. The Bertz CT molecular complexity index is 374. The number of benzene rings is 1. The Balaban J connectivity index is 3.21. The molecule has 1 aromatic rings. The van der Waals surface area contributed by atoms with Crippen LogP contribution in [0.25, 0.3) is 0 Å². The monoisotopic (exact) mass is 218 g/mol. The highest BCUT2D eigenvalue weighted by Gasteiger charge is 2.17. The molecule has 0 spiro atoms. The molecule has 0 saturated heterocycles. The summed E-state index contributed by atoms with van der Waals surface area (Å²) in [5.74, 6) is -2.61. The van der Waals surface area contributed by atoms with Gasteiger partial charge in [0.1, 0.15) is 0 Å². The molecule has 0 bridgehead atoms. The van der Waals surface area contributed by atoms with E-state index in [9.17, 15) is 9.59 Å². The normalized spacial score (nSPS) is 9.69. The molecule has 0 unspecified atom stereocenters. The second kappa shape index (κ2) is 3.77. The first-order valence-electron chi connectivity index (χ1n) is 3.25. The Kier molecular flexibility index (Phi) is 2.90. The Morgan fingerprint density at radius 3 is 2.38 bits per heavy atom. The third-order valence-corrected chi connectivity index (χ3v) is 1.93. The number of halogens is 2. The summed E-state index contributed by atoms with van der Waals surface area (Å²) in [7, 11) is 0. The van der Waals surface area contributed by atoms with Gasteiger partial charge in [-0.1, -0.05) is 23.2 Å². The van der Waals surface area contributed by atoms with E-state index in [1.807, 2.05) is 0 Å². The van der Waals surface area contributed by atoms with Crippen LogP contribution in [-0.2, 0) is 4.79 Å². The summed E-state index contributed by atoms with van der Waals surface area (Å²) in [6.45, 7) is 0. The first-order valence-corrected chi connectivity index (χ1v) is 4.00. The van der Waals surface area contributed by atoms with Crippen LogP contribution in [0.2, 0.25) is 10.0 Å². The maximum atomic E-state index is 11.0. The van der Waals surface area contributed by atoms with E-state index in [2.05, 4.69) is 0 Å². The van der Waals surface area contributed by atoms with Crippen molar-refractivity contribution in [2.45, 2.75) is 0 Å². The average Bonchev–Trinajstić information content (AvgIpc) is 2.08. The van der Waals surface area contributed by atoms with Crippen LogP contribution < -0.4 is 0 Å². The maximum Gasteiger partial charge on any atom is 0.377 e. The molecule has 1 rings (SSSR count). The molecule has 13 heavy (non-hydrogen) atoms. The van der Waals surface area contributed by atoms with E-state index in [1.165, 1.54) is 18.2 Å². The minimum absolute atomic E-state index is 0.0804. The largest absolute Gasteiger partial charge is 0.475 e. The summed E-state index contributed by atoms with van der Waals surface area (Å²) < 4.78 is 0. The lowest BCUT2D eigenvalue weighted by molar-refractivity contribution is -0.131. The number of carboxylic acids is 1. The molecule has 5 heteroatoms. The lowest BCUT2D eigenvalue weighted by Crippen LogP contribution is -2.13. The molecule has 0 aliphatic carbocycles. The molecule has 0 fully saturated rings. The molecule has 0 saturated carbocycles. The van der Waals surface area contributed by atoms with Crippen LogP contribution in [0.15, 0.2) is 18.2 Å². The van der Waals surface area contributed by atoms with Crippen molar-refractivity contribution in [1.29, 1.82) is 0 Å². The maximum absolute atomic E-state index is 11.0. The van der Waals surface area contributed by atoms with E-state index >= 15 is 0 Å². The summed E-state index contributed by atoms with van der Waals surface area (Å²) in [6.07, 6.45) is 0. The van der Waals surface area contributed by atoms with Gasteiger partial charge in [0, 0.05) is 10.6 Å². The number of rotatable bonds is 2. The number of hydrogen-bond acceptors (Lipinski definition) is 2. The van der Waals surface area contributed by atoms with Crippen LogP contribution in [0.5, 0.6) is 0 Å². The van der Waals surface area contributed by atoms with Crippen LogP contribution in [0, 0.1) is 0 Å². The van der Waals surface area contributed by atoms with Crippen LogP contribution in [0.4, 0.5) is 0 Å². The minimum atomic E-state index is -1.55. The Morgan fingerprint density at radius 2 is 1.85 bits per heavy atom. The predicted molar refractivity (Wildman–Crippen MR) is 48.4 cm³/mol. The minimum Gasteiger partial charge on any atom is -0.475 e. The molecule has 0 radical (unpaired) electrons. The van der Waals surface area contributed by atoms with E-state index in [0.29, 0.717) is 0 Å². The molecular formula is C8H4Cl2O3. The molecule has 1 aromatic carbocycles. The molecule has 0 aliphatic heterocycles. The van der Waals surface area contributed by atoms with Crippen LogP contribution in [0.3, 0.4) is 0 Å². The summed E-state index contributed by atoms with van der Waals surface area (Å²) in [5.41, 5.74) is -0.0957. The Morgan fingerprint density at radius 1 is 1.23 bits per heavy atom. The zero-order valence-electron chi connectivity index (χ0n) is 6.25. The fraction of sp³-hybridized carbons (Fsp3) is 0. The number of carbonyl (C=O) groups is 2. The predicted octanol–water partition coefficient (Wildman–Crippen LogP) is 2.26. The number of carbonyl (C=O) groups excluding carboxylic acids is 1. The third kappa shape index (κ3) is 2.20. The van der Waals surface area contributed by atoms with Gasteiger partial charge in [-0.2, -0.15) is 0 Å². The highest BCUT2D eigenvalue weighted by atomic mass is 35.5. The van der Waals surface area contributed by atoms with Crippen molar-refractivity contribution in [3.63, 3.8) is 0 Å². The van der Waals surface area contributed by atoms with E-state index in [1.54, 1.807) is 0 Å². The number of hydrogen-bond donors (Lipinski definition) is 1. The number of Topliss-reactive ketones (excluding diaryl/α,β-unsaturated/α-hetero) is 1. The van der Waals surface area contributed by atoms with Gasteiger partial charge in [0.2, 0.25) is 0 Å². The molecule has 0 aromatic heterocycles. The van der Waals surface area contributed by atoms with Gasteiger partial charge in [-0.15, -0.1) is 0 Å². The topological polar surface area (TPSA) is 54.4 Å². The molecule has 68 valence electrons. The van der Waals surface area contributed by atoms with Gasteiger partial charge < -0.3 is 5.11 Å². The molecule has 1 N–H and O–H groups in total. The summed E-state index contributed by atoms with van der Waals surface area (Å²) in [4.78, 5) is 21.3. The second-order valence-corrected chi connectivity index (χ2v) is 3.10. The smallest absolute Gasteiger partial charge is 0.377 e. The Labute approximate surface area is 83.9 Å². The van der Waals surface area contributed by atoms with Gasteiger partial charge in [-0.3, -0.25) is 4.79 Å². The van der Waals surface area contributed by atoms with Crippen molar-refractivity contribution in [3.8, 4) is 0 Å². The van der Waals surface area contributed by atoms with E-state index in [0.717, 1.165) is 0 Å². The fourth-order valence-electron chi connectivity index (χ4n) is 0.787. The molecule has 0 atom stereocenters. The average molecular weight is 219 g/mol. The van der Waals surface area contributed by atoms with Gasteiger partial charge in [0.15, 0.2) is 0 Å². The van der Waals surface area contributed by atoms with E-state index in [-0.39, 0.29) is 15.6 Å². The quantitative estimate of drug-likeness (QED) is 0.613. The van der Waals surface area contributed by atoms with Crippen molar-refractivity contribution >= 4 is 35.0 Å². The van der Waals surface area contributed by atoms with E-state index in [4.69, 9.17) is 28.3 Å². The lowest BCUT2D eigenvalue weighted by atomic mass is 10.1. The fourth-order valence-corrected chi connectivity index (χ4v) is 1.16. The van der Waals surface area contributed by atoms with Crippen molar-refractivity contribution in [2.24, 2.45) is 0 Å². The molecule has 3 nitrogen and oxygen atoms in total. The van der Waals surface area contributed by atoms with Crippen molar-refractivity contribution in [3.05, 3.63) is 33.8 Å². The van der Waals surface area contributed by atoms with Gasteiger partial charge in [0.25, 0.3) is 5.78 Å². The second-order valence-electron chi connectivity index (χ2n) is 2.26. The highest BCUT2D eigenvalue weighted by Crippen LogP contribution is 2.20. The van der Waals surface area contributed by atoms with Crippen molar-refractivity contribution in [2.75, 3.05) is 0 Å². The molecule has 0 amide bonds. The van der Waals surface area contributed by atoms with Crippen LogP contribution in [-0.4, -0.2) is 16.9 Å². The van der Waals surface area contributed by atoms with E-state index < -0.39 is 11.8 Å². The Hall–Kier alpha value is -1.06. The van der Waals surface area contributed by atoms with Crippen LogP contribution >= 0.6 is 23.2 Å². The summed E-state index contributed by atoms with van der Waals surface area (Å²) >= 11 is 11.2. The summed E-state index contributed by atoms with van der Waals surface area (Å²) in [5, 5.41) is 8.75. The summed E-state index contributed by atoms with van der Waals surface area (Å²) in [6, 6.07) is 4.07. The molecule has 0 heterocycles. The van der Waals surface area contributed by atoms with Gasteiger partial charge in [-0.05, 0) is 18.2 Å². The van der Waals surface area contributed by atoms with Crippen molar-refractivity contribution in [1.82, 2.24) is 0 Å². The molecule has 0 aliphatic rings. The van der Waals surface area contributed by atoms with Gasteiger partial charge in [0.05, 0.1) is 5.02 Å². The van der Waals surface area contributed by atoms with Gasteiger partial charge >= 0.3 is 5.97 Å². The van der Waals surface area contributed by atoms with Gasteiger partial charge in [-0.25, -0.2) is 4.79 Å². The van der Waals surface area contributed by atoms with Crippen molar-refractivity contribution < 1.29 is 14.7 Å². The standard InChI is InChI=1S/C8H4Cl2O3/c9-4-1-2-6(10)5(3-4)7(11)8(12)13/h1-3H,(H,12,13). The molecular weight excluding hydrogens is 215 g/mol. The highest BCUT2D eigenvalue weighted by molar-refractivity contribution is 6.45. The lowest BCUT2D eigenvalue weighted by Gasteiger charge is -1.99. The first kappa shape index (κ1) is 10.0. The number of ketones is 1. The third-order valence-electron chi connectivity index (χ3n) is 1.37. The first-order chi connectivity index (χ1) is 6.02. The zero-order chi connectivity index (χ0) is 10.0. The number of aliphatic carboxylic acids is 1. The van der Waals surface area contributed by atoms with Crippen LogP contribution in [0.1, 0.15) is 10.4 Å². The SMILES string of the molecule is O=C(O)C(=O)c1cc(Cl)ccc1Cl.